The van der Waals surface area contributed by atoms with Gasteiger partial charge in [-0.05, 0) is 45.7 Å². The summed E-state index contributed by atoms with van der Waals surface area (Å²) in [4.78, 5) is 76.7. The second-order valence-corrected chi connectivity index (χ2v) is 12.5. The average molecular weight is 676 g/mol. The molecule has 2 fully saturated rings. The van der Waals surface area contributed by atoms with Gasteiger partial charge in [-0.15, -0.1) is 0 Å². The summed E-state index contributed by atoms with van der Waals surface area (Å²) in [5.74, 6) is -2.35. The third kappa shape index (κ3) is 10.4. The molecule has 1 unspecified atom stereocenters. The summed E-state index contributed by atoms with van der Waals surface area (Å²) in [5.41, 5.74) is 0.284. The van der Waals surface area contributed by atoms with Gasteiger partial charge >= 0.3 is 6.09 Å². The Morgan fingerprint density at radius 1 is 0.896 bits per heavy atom. The number of nitrogens with one attached hydrogen (secondary N) is 3. The number of hydrogen-bond donors (Lipinski definition) is 3. The molecule has 264 valence electrons. The molecule has 4 rings (SSSR count). The van der Waals surface area contributed by atoms with Gasteiger partial charge in [-0.3, -0.25) is 34.2 Å². The van der Waals surface area contributed by atoms with Crippen molar-refractivity contribution in [3.8, 4) is 0 Å². The molecule has 0 radical (unpaired) electrons. The highest BCUT2D eigenvalue weighted by Crippen LogP contribution is 2.32. The average Bonchev–Trinajstić information content (AvgIpc) is 3.58. The predicted octanol–water partition coefficient (Wildman–Crippen LogP) is 0.692. The molecule has 3 aliphatic rings. The molecule has 0 bridgehead atoms. The van der Waals surface area contributed by atoms with E-state index in [2.05, 4.69) is 16.0 Å². The monoisotopic (exact) mass is 675 g/mol. The van der Waals surface area contributed by atoms with Gasteiger partial charge in [0.1, 0.15) is 18.2 Å². The summed E-state index contributed by atoms with van der Waals surface area (Å²) in [6.45, 7) is 8.93. The summed E-state index contributed by atoms with van der Waals surface area (Å²) in [7, 11) is 0. The van der Waals surface area contributed by atoms with Crippen molar-refractivity contribution in [2.75, 3.05) is 77.8 Å². The van der Waals surface area contributed by atoms with E-state index in [0.29, 0.717) is 71.4 Å². The molecule has 16 heteroatoms. The first kappa shape index (κ1) is 36.7. The van der Waals surface area contributed by atoms with Crippen molar-refractivity contribution in [2.45, 2.75) is 57.7 Å². The van der Waals surface area contributed by atoms with Crippen molar-refractivity contribution in [1.82, 2.24) is 20.4 Å². The SMILES string of the molecule is CC(C)(C)OC(=O)N[C@H]1CCN(C(=O)COCCOCCOCCOCCNc2cccc3c2C(=O)N(C2CCC(=O)NC2=O)C3=O)C1. The van der Waals surface area contributed by atoms with E-state index in [-0.39, 0.29) is 49.1 Å². The Balaban J connectivity index is 0.992. The first-order valence-electron chi connectivity index (χ1n) is 16.1. The minimum Gasteiger partial charge on any atom is -0.444 e. The molecule has 0 aromatic heterocycles. The molecule has 0 saturated carbocycles. The minimum absolute atomic E-state index is 0.0572. The second-order valence-electron chi connectivity index (χ2n) is 12.5. The van der Waals surface area contributed by atoms with E-state index < -0.39 is 41.4 Å². The Kier molecular flexibility index (Phi) is 13.3. The molecule has 48 heavy (non-hydrogen) atoms. The van der Waals surface area contributed by atoms with Crippen LogP contribution in [0, 0.1) is 0 Å². The van der Waals surface area contributed by atoms with Crippen LogP contribution in [0.5, 0.6) is 0 Å². The Morgan fingerprint density at radius 3 is 2.23 bits per heavy atom. The first-order chi connectivity index (χ1) is 22.9. The van der Waals surface area contributed by atoms with Crippen LogP contribution in [-0.4, -0.2) is 136 Å². The standard InChI is InChI=1S/C32H45N5O11/c1-32(2,3)48-31(43)34-21-9-11-36(19-21)26(39)20-47-18-17-46-16-15-45-14-13-44-12-10-33-23-6-4-5-22-27(23)30(42)37(29(22)41)24-7-8-25(38)35-28(24)40/h4-6,21,24,33H,7-20H2,1-3H3,(H,34,43)(H,35,38,40)/t21-,24?/m0/s1. The van der Waals surface area contributed by atoms with E-state index in [1.54, 1.807) is 43.9 Å². The molecule has 16 nitrogen and oxygen atoms in total. The number of piperidine rings is 1. The lowest BCUT2D eigenvalue weighted by Gasteiger charge is -2.27. The van der Waals surface area contributed by atoms with E-state index in [0.717, 1.165) is 4.90 Å². The zero-order chi connectivity index (χ0) is 34.7. The molecule has 0 aliphatic carbocycles. The molecule has 0 spiro atoms. The summed E-state index contributed by atoms with van der Waals surface area (Å²) in [6, 6.07) is 3.71. The number of carbonyl (C=O) groups excluding carboxylic acids is 6. The van der Waals surface area contributed by atoms with E-state index in [4.69, 9.17) is 23.7 Å². The van der Waals surface area contributed by atoms with Gasteiger partial charge < -0.3 is 39.2 Å². The first-order valence-corrected chi connectivity index (χ1v) is 16.1. The van der Waals surface area contributed by atoms with Crippen LogP contribution in [0.15, 0.2) is 18.2 Å². The summed E-state index contributed by atoms with van der Waals surface area (Å²) >= 11 is 0. The lowest BCUT2D eigenvalue weighted by molar-refractivity contribution is -0.137. The number of alkyl carbamates (subject to hydrolysis) is 1. The van der Waals surface area contributed by atoms with Gasteiger partial charge in [-0.1, -0.05) is 6.07 Å². The molecule has 1 aromatic rings. The lowest BCUT2D eigenvalue weighted by atomic mass is 10.0. The molecule has 3 heterocycles. The number of fused-ring (bicyclic) bond motifs is 1. The number of rotatable bonds is 17. The number of anilines is 1. The predicted molar refractivity (Wildman–Crippen MR) is 169 cm³/mol. The van der Waals surface area contributed by atoms with Crippen LogP contribution in [0.4, 0.5) is 10.5 Å². The number of benzene rings is 1. The van der Waals surface area contributed by atoms with E-state index in [1.165, 1.54) is 0 Å². The largest absolute Gasteiger partial charge is 0.444 e. The fourth-order valence-electron chi connectivity index (χ4n) is 5.41. The third-order valence-electron chi connectivity index (χ3n) is 7.63. The van der Waals surface area contributed by atoms with E-state index in [9.17, 15) is 28.8 Å². The maximum Gasteiger partial charge on any atom is 0.407 e. The number of likely N-dealkylation sites (tertiary alicyclic amines) is 1. The van der Waals surface area contributed by atoms with Crippen LogP contribution in [0.1, 0.15) is 60.7 Å². The number of nitrogens with zero attached hydrogens (tertiary/aromatic N) is 2. The highest BCUT2D eigenvalue weighted by Gasteiger charge is 2.45. The number of amides is 6. The normalized spacial score (nSPS) is 19.4. The van der Waals surface area contributed by atoms with Gasteiger partial charge in [-0.2, -0.15) is 0 Å². The summed E-state index contributed by atoms with van der Waals surface area (Å²) in [6.07, 6.45) is 0.318. The highest BCUT2D eigenvalue weighted by atomic mass is 16.6. The molecule has 6 amide bonds. The maximum atomic E-state index is 13.1. The van der Waals surface area contributed by atoms with Crippen LogP contribution in [0.2, 0.25) is 0 Å². The van der Waals surface area contributed by atoms with Crippen molar-refractivity contribution in [3.05, 3.63) is 29.3 Å². The molecular weight excluding hydrogens is 630 g/mol. The second kappa shape index (κ2) is 17.3. The smallest absolute Gasteiger partial charge is 0.407 e. The van der Waals surface area contributed by atoms with Gasteiger partial charge in [-0.25, -0.2) is 4.79 Å². The van der Waals surface area contributed by atoms with Crippen molar-refractivity contribution in [1.29, 1.82) is 0 Å². The fraction of sp³-hybridized carbons (Fsp3) is 0.625. The Morgan fingerprint density at radius 2 is 1.56 bits per heavy atom. The van der Waals surface area contributed by atoms with Crippen molar-refractivity contribution >= 4 is 41.3 Å². The zero-order valence-electron chi connectivity index (χ0n) is 27.7. The molecule has 1 aromatic carbocycles. The molecule has 2 saturated heterocycles. The quantitative estimate of drug-likeness (QED) is 0.155. The fourth-order valence-corrected chi connectivity index (χ4v) is 5.41. The van der Waals surface area contributed by atoms with Gasteiger partial charge in [0.05, 0.1) is 63.4 Å². The summed E-state index contributed by atoms with van der Waals surface area (Å²) in [5, 5.41) is 8.09. The molecule has 2 atom stereocenters. The topological polar surface area (TPSA) is 191 Å². The molecule has 3 aliphatic heterocycles. The molecule has 3 N–H and O–H groups in total. The van der Waals surface area contributed by atoms with Gasteiger partial charge in [0.2, 0.25) is 17.7 Å². The van der Waals surface area contributed by atoms with E-state index >= 15 is 0 Å². The Bertz CT molecular complexity index is 1350. The number of carbonyl (C=O) groups is 6. The molecular formula is C32H45N5O11. The number of ether oxygens (including phenoxy) is 5. The number of imide groups is 2. The Hall–Kier alpha value is -4.12. The Labute approximate surface area is 279 Å². The minimum atomic E-state index is -1.02. The zero-order valence-corrected chi connectivity index (χ0v) is 27.7. The van der Waals surface area contributed by atoms with Crippen molar-refractivity contribution in [2.24, 2.45) is 0 Å². The summed E-state index contributed by atoms with van der Waals surface area (Å²) < 4.78 is 27.2. The van der Waals surface area contributed by atoms with Crippen LogP contribution in [0.3, 0.4) is 0 Å². The lowest BCUT2D eigenvalue weighted by Crippen LogP contribution is -2.54. The third-order valence-corrected chi connectivity index (χ3v) is 7.63. The van der Waals surface area contributed by atoms with Crippen LogP contribution in [-0.2, 0) is 38.1 Å². The highest BCUT2D eigenvalue weighted by molar-refractivity contribution is 6.25. The van der Waals surface area contributed by atoms with Gasteiger partial charge in [0.25, 0.3) is 11.8 Å². The van der Waals surface area contributed by atoms with Crippen LogP contribution >= 0.6 is 0 Å². The number of hydrogen-bond acceptors (Lipinski definition) is 12. The van der Waals surface area contributed by atoms with Crippen molar-refractivity contribution in [3.63, 3.8) is 0 Å². The maximum absolute atomic E-state index is 13.1. The van der Waals surface area contributed by atoms with Gasteiger partial charge in [0, 0.05) is 31.7 Å². The van der Waals surface area contributed by atoms with Crippen LogP contribution in [0.25, 0.3) is 0 Å². The van der Waals surface area contributed by atoms with Crippen LogP contribution < -0.4 is 16.0 Å². The van der Waals surface area contributed by atoms with E-state index in [1.807, 2.05) is 0 Å². The van der Waals surface area contributed by atoms with Gasteiger partial charge in [0.15, 0.2) is 0 Å². The van der Waals surface area contributed by atoms with Crippen molar-refractivity contribution < 1.29 is 52.5 Å².